The fourth-order valence-electron chi connectivity index (χ4n) is 6.02. The molecule has 2 aromatic rings. The number of likely N-dealkylation sites (N-methyl/N-ethyl adjacent to an activating group) is 1. The number of aliphatic hydroxyl groups is 1. The van der Waals surface area contributed by atoms with Gasteiger partial charge >= 0.3 is 0 Å². The minimum Gasteiger partial charge on any atom is -0.504 e. The molecule has 137 valence electrons. The van der Waals surface area contributed by atoms with E-state index in [1.54, 1.807) is 18.3 Å². The monoisotopic (exact) mass is 361 g/mol. The summed E-state index contributed by atoms with van der Waals surface area (Å²) in [7, 11) is 2.18. The standard InChI is InChI=1S/C22H21N2O3/c1-24-9-7-22-14-5-6-17(25)21(22)27-20-18(26)11-12(15-4-2-3-8-23-15)13(19(20)22)10-16(14)24/h3-6,8,11,14,16-17,21,25-26H,7,9-10H2,1H3/t14-,16+,17-,21-,22-/m0/s1. The van der Waals surface area contributed by atoms with Crippen LogP contribution in [-0.4, -0.2) is 51.9 Å². The minimum atomic E-state index is -0.658. The molecule has 0 amide bonds. The number of hydrogen-bond donors (Lipinski definition) is 2. The molecule has 2 aliphatic carbocycles. The van der Waals surface area contributed by atoms with Crippen LogP contribution in [-0.2, 0) is 11.8 Å². The molecular weight excluding hydrogens is 340 g/mol. The van der Waals surface area contributed by atoms with Gasteiger partial charge in [0.1, 0.15) is 12.2 Å². The summed E-state index contributed by atoms with van der Waals surface area (Å²) >= 11 is 0. The quantitative estimate of drug-likeness (QED) is 0.761. The maximum Gasteiger partial charge on any atom is 0.165 e. The van der Waals surface area contributed by atoms with Gasteiger partial charge in [-0.25, -0.2) is 0 Å². The molecule has 6 rings (SSSR count). The number of phenols is 1. The van der Waals surface area contributed by atoms with E-state index in [-0.39, 0.29) is 23.2 Å². The second kappa shape index (κ2) is 5.12. The summed E-state index contributed by atoms with van der Waals surface area (Å²) in [4.78, 5) is 6.94. The van der Waals surface area contributed by atoms with E-state index in [9.17, 15) is 10.2 Å². The first kappa shape index (κ1) is 15.7. The summed E-state index contributed by atoms with van der Waals surface area (Å²) in [6.45, 7) is 0.961. The van der Waals surface area contributed by atoms with Gasteiger partial charge in [0.2, 0.25) is 0 Å². The van der Waals surface area contributed by atoms with E-state index in [1.165, 1.54) is 5.56 Å². The Hall–Kier alpha value is -2.37. The van der Waals surface area contributed by atoms with Crippen molar-refractivity contribution in [3.8, 4) is 22.8 Å². The number of aliphatic hydroxyl groups excluding tert-OH is 1. The van der Waals surface area contributed by atoms with Crippen molar-refractivity contribution in [3.63, 3.8) is 0 Å². The normalized spacial score (nSPS) is 35.6. The number of pyridine rings is 1. The number of likely N-dealkylation sites (tertiary alicyclic amines) is 1. The maximum absolute atomic E-state index is 10.8. The molecule has 4 aliphatic rings. The second-order valence-electron chi connectivity index (χ2n) is 8.25. The molecule has 5 atom stereocenters. The maximum atomic E-state index is 10.8. The summed E-state index contributed by atoms with van der Waals surface area (Å²) in [5, 5.41) is 21.5. The average molecular weight is 361 g/mol. The Morgan fingerprint density at radius 2 is 2.26 bits per heavy atom. The molecule has 0 unspecified atom stereocenters. The second-order valence-corrected chi connectivity index (χ2v) is 8.25. The lowest BCUT2D eigenvalue weighted by atomic mass is 9.53. The van der Waals surface area contributed by atoms with Gasteiger partial charge in [-0.1, -0.05) is 12.2 Å². The van der Waals surface area contributed by atoms with Crippen molar-refractivity contribution in [2.24, 2.45) is 5.92 Å². The predicted octanol–water partition coefficient (Wildman–Crippen LogP) is 2.06. The van der Waals surface area contributed by atoms with E-state index < -0.39 is 6.10 Å². The van der Waals surface area contributed by atoms with Gasteiger partial charge in [0, 0.05) is 34.7 Å². The summed E-state index contributed by atoms with van der Waals surface area (Å²) < 4.78 is 6.25. The van der Waals surface area contributed by atoms with Gasteiger partial charge in [-0.2, -0.15) is 0 Å². The lowest BCUT2D eigenvalue weighted by Gasteiger charge is -2.56. The molecule has 5 nitrogen and oxygen atoms in total. The highest BCUT2D eigenvalue weighted by atomic mass is 16.5. The summed E-state index contributed by atoms with van der Waals surface area (Å²) in [5.41, 5.74) is 3.80. The van der Waals surface area contributed by atoms with Gasteiger partial charge in [-0.05, 0) is 56.3 Å². The molecule has 2 aliphatic heterocycles. The number of aromatic hydroxyl groups is 1. The molecule has 2 bridgehead atoms. The first-order valence-corrected chi connectivity index (χ1v) is 9.56. The molecule has 2 N–H and O–H groups in total. The van der Waals surface area contributed by atoms with Crippen molar-refractivity contribution in [1.82, 2.24) is 9.88 Å². The van der Waals surface area contributed by atoms with Crippen molar-refractivity contribution >= 4 is 0 Å². The number of phenolic OH excluding ortho intramolecular Hbond substituents is 1. The van der Waals surface area contributed by atoms with E-state index in [2.05, 4.69) is 29.1 Å². The highest BCUT2D eigenvalue weighted by Crippen LogP contribution is 2.63. The molecular formula is C22H21N2O3. The van der Waals surface area contributed by atoms with Gasteiger partial charge in [-0.3, -0.25) is 4.98 Å². The molecule has 27 heavy (non-hydrogen) atoms. The van der Waals surface area contributed by atoms with Gasteiger partial charge in [0.25, 0.3) is 0 Å². The summed E-state index contributed by atoms with van der Waals surface area (Å²) in [6, 6.07) is 8.86. The number of benzene rings is 1. The Bertz CT molecular complexity index is 973. The Kier molecular flexibility index (Phi) is 2.97. The van der Waals surface area contributed by atoms with Crippen molar-refractivity contribution in [3.05, 3.63) is 53.7 Å². The molecule has 1 radical (unpaired) electrons. The zero-order chi connectivity index (χ0) is 18.3. The predicted molar refractivity (Wildman–Crippen MR) is 99.6 cm³/mol. The van der Waals surface area contributed by atoms with Crippen LogP contribution >= 0.6 is 0 Å². The van der Waals surface area contributed by atoms with Gasteiger partial charge < -0.3 is 19.8 Å². The van der Waals surface area contributed by atoms with Crippen molar-refractivity contribution in [1.29, 1.82) is 0 Å². The van der Waals surface area contributed by atoms with E-state index in [4.69, 9.17) is 4.74 Å². The van der Waals surface area contributed by atoms with Crippen LogP contribution in [0.1, 0.15) is 17.5 Å². The molecule has 5 heteroatoms. The minimum absolute atomic E-state index is 0.140. The third-order valence-corrected chi connectivity index (χ3v) is 7.16. The van der Waals surface area contributed by atoms with Crippen LogP contribution in [0.15, 0.2) is 36.5 Å². The van der Waals surface area contributed by atoms with Crippen molar-refractivity contribution in [2.75, 3.05) is 13.6 Å². The zero-order valence-corrected chi connectivity index (χ0v) is 15.1. The lowest BCUT2D eigenvalue weighted by Crippen LogP contribution is -2.64. The first-order valence-electron chi connectivity index (χ1n) is 9.56. The summed E-state index contributed by atoms with van der Waals surface area (Å²) in [6.07, 6.45) is 6.59. The topological polar surface area (TPSA) is 65.8 Å². The number of rotatable bonds is 1. The van der Waals surface area contributed by atoms with Gasteiger partial charge in [-0.15, -0.1) is 0 Å². The molecule has 1 aromatic heterocycles. The molecule has 1 fully saturated rings. The summed E-state index contributed by atoms with van der Waals surface area (Å²) in [5.74, 6) is 0.985. The Labute approximate surface area is 157 Å². The number of piperidine rings is 1. The molecule has 1 spiro atoms. The first-order chi connectivity index (χ1) is 13.1. The van der Waals surface area contributed by atoms with Gasteiger partial charge in [0.15, 0.2) is 11.5 Å². The molecule has 1 aromatic carbocycles. The third-order valence-electron chi connectivity index (χ3n) is 7.16. The van der Waals surface area contributed by atoms with Crippen LogP contribution in [0.2, 0.25) is 0 Å². The smallest absolute Gasteiger partial charge is 0.165 e. The van der Waals surface area contributed by atoms with E-state index in [1.807, 2.05) is 12.1 Å². The molecule has 0 saturated carbocycles. The fraction of sp³-hybridized carbons (Fsp3) is 0.409. The van der Waals surface area contributed by atoms with Crippen LogP contribution in [0.3, 0.4) is 0 Å². The van der Waals surface area contributed by atoms with E-state index >= 15 is 0 Å². The fourth-order valence-corrected chi connectivity index (χ4v) is 6.02. The zero-order valence-electron chi connectivity index (χ0n) is 15.1. The Morgan fingerprint density at radius 3 is 3.07 bits per heavy atom. The Morgan fingerprint density at radius 1 is 1.37 bits per heavy atom. The van der Waals surface area contributed by atoms with Crippen LogP contribution < -0.4 is 4.74 Å². The van der Waals surface area contributed by atoms with Crippen molar-refractivity contribution in [2.45, 2.75) is 36.5 Å². The highest BCUT2D eigenvalue weighted by molar-refractivity contribution is 5.75. The van der Waals surface area contributed by atoms with E-state index in [0.717, 1.165) is 36.2 Å². The third kappa shape index (κ3) is 1.79. The van der Waals surface area contributed by atoms with Crippen LogP contribution in [0.25, 0.3) is 11.3 Å². The molecule has 1 saturated heterocycles. The van der Waals surface area contributed by atoms with Crippen molar-refractivity contribution < 1.29 is 14.9 Å². The number of nitrogens with zero attached hydrogens (tertiary/aromatic N) is 2. The average Bonchev–Trinajstić information content (AvgIpc) is 3.04. The number of aromatic nitrogens is 1. The van der Waals surface area contributed by atoms with Crippen LogP contribution in [0, 0.1) is 12.0 Å². The number of hydrogen-bond acceptors (Lipinski definition) is 5. The Balaban J connectivity index is 1.68. The van der Waals surface area contributed by atoms with Crippen LogP contribution in [0.5, 0.6) is 11.5 Å². The number of ether oxygens (including phenoxy) is 1. The highest BCUT2D eigenvalue weighted by Gasteiger charge is 2.64. The van der Waals surface area contributed by atoms with E-state index in [0.29, 0.717) is 11.8 Å². The largest absolute Gasteiger partial charge is 0.504 e. The van der Waals surface area contributed by atoms with Gasteiger partial charge in [0.05, 0.1) is 5.69 Å². The lowest BCUT2D eigenvalue weighted by molar-refractivity contribution is -0.0452. The SMILES string of the molecule is CN1CC[C@]23c4c5c(-c6c[c]ccn6)cc(O)c4O[C@H]2[C@@H](O)C=C[C@H]3[C@H]1C5. The molecule has 3 heterocycles. The van der Waals surface area contributed by atoms with Crippen LogP contribution in [0.4, 0.5) is 0 Å².